The first kappa shape index (κ1) is 32.4. The fraction of sp³-hybridized carbons (Fsp3) is 0.212. The minimum Gasteiger partial charge on any atom is -0.338 e. The summed E-state index contributed by atoms with van der Waals surface area (Å²) >= 11 is 1.19. The molecule has 48 heavy (non-hydrogen) atoms. The largest absolute Gasteiger partial charge is 0.338 e. The Balaban J connectivity index is 1.56. The average molecular weight is 672 g/mol. The number of halogens is 2. The summed E-state index contributed by atoms with van der Waals surface area (Å²) in [6.07, 6.45) is 1.35. The Morgan fingerprint density at radius 3 is 2.35 bits per heavy atom. The van der Waals surface area contributed by atoms with Crippen molar-refractivity contribution in [1.82, 2.24) is 39.6 Å². The van der Waals surface area contributed by atoms with E-state index in [0.717, 1.165) is 22.3 Å². The highest BCUT2D eigenvalue weighted by Crippen LogP contribution is 2.38. The fourth-order valence-corrected chi connectivity index (χ4v) is 6.68. The third kappa shape index (κ3) is 6.63. The van der Waals surface area contributed by atoms with Gasteiger partial charge in [0.1, 0.15) is 16.5 Å². The number of benzene rings is 3. The van der Waals surface area contributed by atoms with Crippen LogP contribution in [-0.4, -0.2) is 60.4 Å². The van der Waals surface area contributed by atoms with Crippen LogP contribution in [0.25, 0.3) is 26.3 Å². The van der Waals surface area contributed by atoms with Crippen LogP contribution >= 0.6 is 11.3 Å². The van der Waals surface area contributed by atoms with Crippen LogP contribution in [-0.2, 0) is 19.6 Å². The number of aromatic nitrogens is 6. The number of thiophene rings is 1. The summed E-state index contributed by atoms with van der Waals surface area (Å²) in [5.41, 5.74) is 0.656. The summed E-state index contributed by atoms with van der Waals surface area (Å²) in [7, 11) is 1.88. The normalized spacial score (nSPS) is 11.4. The highest BCUT2D eigenvalue weighted by molar-refractivity contribution is 7.22. The molecule has 0 saturated heterocycles. The number of rotatable bonds is 11. The molecule has 0 aliphatic carbocycles. The molecule has 0 radical (unpaired) electrons. The maximum absolute atomic E-state index is 15.0. The number of hydrogen-bond acceptors (Lipinski definition) is 8. The fourth-order valence-electron chi connectivity index (χ4n) is 5.38. The summed E-state index contributed by atoms with van der Waals surface area (Å²) in [6.45, 7) is 3.05. The molecule has 2 N–H and O–H groups in total. The second-order valence-electron chi connectivity index (χ2n) is 11.0. The molecule has 0 unspecified atom stereocenters. The van der Waals surface area contributed by atoms with Gasteiger partial charge < -0.3 is 15.5 Å². The zero-order chi connectivity index (χ0) is 33.8. The van der Waals surface area contributed by atoms with Crippen LogP contribution in [0.3, 0.4) is 0 Å². The van der Waals surface area contributed by atoms with Gasteiger partial charge in [0, 0.05) is 35.8 Å². The maximum atomic E-state index is 15.0. The molecule has 246 valence electrons. The lowest BCUT2D eigenvalue weighted by atomic mass is 10.1. The van der Waals surface area contributed by atoms with Crippen molar-refractivity contribution in [2.45, 2.75) is 26.6 Å². The molecule has 3 aromatic heterocycles. The second-order valence-corrected chi connectivity index (χ2v) is 12.0. The van der Waals surface area contributed by atoms with Gasteiger partial charge in [0.05, 0.1) is 24.2 Å². The Labute approximate surface area is 276 Å². The number of likely N-dealkylation sites (N-methyl/N-ethyl adjacent to an activating group) is 1. The van der Waals surface area contributed by atoms with E-state index in [2.05, 4.69) is 26.0 Å². The first-order chi connectivity index (χ1) is 23.2. The topological polar surface area (TPSA) is 132 Å². The number of para-hydroxylation sites is 1. The molecule has 0 spiro atoms. The summed E-state index contributed by atoms with van der Waals surface area (Å²) < 4.78 is 32.3. The van der Waals surface area contributed by atoms with Gasteiger partial charge in [0.2, 0.25) is 0 Å². The van der Waals surface area contributed by atoms with Crippen LogP contribution in [0.2, 0.25) is 0 Å². The molecule has 6 aromatic rings. The van der Waals surface area contributed by atoms with E-state index in [9.17, 15) is 23.2 Å². The first-order valence-corrected chi connectivity index (χ1v) is 15.9. The summed E-state index contributed by atoms with van der Waals surface area (Å²) in [4.78, 5) is 45.1. The van der Waals surface area contributed by atoms with E-state index in [-0.39, 0.29) is 28.4 Å². The van der Waals surface area contributed by atoms with Crippen molar-refractivity contribution in [1.29, 1.82) is 0 Å². The molecule has 0 saturated carbocycles. The summed E-state index contributed by atoms with van der Waals surface area (Å²) in [5.74, 6) is -1.61. The third-order valence-corrected chi connectivity index (χ3v) is 9.01. The van der Waals surface area contributed by atoms with E-state index in [0.29, 0.717) is 41.4 Å². The van der Waals surface area contributed by atoms with Crippen molar-refractivity contribution in [2.75, 3.05) is 25.5 Å². The highest BCUT2D eigenvalue weighted by Gasteiger charge is 2.25. The number of fused-ring (bicyclic) bond motifs is 1. The Morgan fingerprint density at radius 1 is 0.958 bits per heavy atom. The van der Waals surface area contributed by atoms with E-state index in [4.69, 9.17) is 0 Å². The quantitative estimate of drug-likeness (QED) is 0.208. The van der Waals surface area contributed by atoms with Crippen LogP contribution < -0.4 is 21.9 Å². The maximum Gasteiger partial charge on any atom is 0.337 e. The Morgan fingerprint density at radius 2 is 1.69 bits per heavy atom. The minimum atomic E-state index is -0.804. The van der Waals surface area contributed by atoms with Crippen molar-refractivity contribution in [3.05, 3.63) is 123 Å². The van der Waals surface area contributed by atoms with E-state index in [1.165, 1.54) is 33.1 Å². The number of nitrogens with one attached hydrogen (secondary N) is 2. The molecule has 3 aromatic carbocycles. The van der Waals surface area contributed by atoms with Crippen molar-refractivity contribution in [3.8, 4) is 16.1 Å². The van der Waals surface area contributed by atoms with Crippen molar-refractivity contribution >= 4 is 33.3 Å². The van der Waals surface area contributed by atoms with E-state index >= 15 is 0 Å². The van der Waals surface area contributed by atoms with Gasteiger partial charge in [0.15, 0.2) is 6.33 Å². The number of anilines is 1. The number of amides is 2. The predicted molar refractivity (Wildman–Crippen MR) is 179 cm³/mol. The zero-order valence-corrected chi connectivity index (χ0v) is 26.9. The number of carbonyl (C=O) groups is 1. The molecule has 0 bridgehead atoms. The predicted octanol–water partition coefficient (Wildman–Crippen LogP) is 4.47. The summed E-state index contributed by atoms with van der Waals surface area (Å²) in [6, 6.07) is 18.7. The highest BCUT2D eigenvalue weighted by atomic mass is 32.1. The van der Waals surface area contributed by atoms with Crippen LogP contribution in [0.4, 0.5) is 19.3 Å². The van der Waals surface area contributed by atoms with Gasteiger partial charge >= 0.3 is 11.7 Å². The van der Waals surface area contributed by atoms with Crippen LogP contribution in [0.15, 0.2) is 88.7 Å². The molecule has 6 rings (SSSR count). The lowest BCUT2D eigenvalue weighted by Crippen LogP contribution is -2.39. The van der Waals surface area contributed by atoms with Gasteiger partial charge in [-0.2, -0.15) is 4.80 Å². The Kier molecular flexibility index (Phi) is 9.50. The van der Waals surface area contributed by atoms with Gasteiger partial charge in [-0.05, 0) is 66.7 Å². The SMILES string of the molecule is CCNC(=O)Nc1ccc(-c2sc3c(c2CN(C)CCn2ncnn2)c(=O)n(-c2ccccc2)c(=O)n3Cc2c(F)cccc2F)cc1. The van der Waals surface area contributed by atoms with Crippen molar-refractivity contribution in [2.24, 2.45) is 0 Å². The van der Waals surface area contributed by atoms with Gasteiger partial charge in [0.25, 0.3) is 5.56 Å². The average Bonchev–Trinajstić information content (AvgIpc) is 3.73. The zero-order valence-electron chi connectivity index (χ0n) is 26.1. The molecule has 12 nitrogen and oxygen atoms in total. The van der Waals surface area contributed by atoms with Crippen LogP contribution in [0.1, 0.15) is 18.1 Å². The smallest absolute Gasteiger partial charge is 0.337 e. The molecular weight excluding hydrogens is 640 g/mol. The van der Waals surface area contributed by atoms with E-state index < -0.39 is 29.4 Å². The second kappa shape index (κ2) is 14.1. The molecule has 0 aliphatic rings. The van der Waals surface area contributed by atoms with Crippen molar-refractivity contribution < 1.29 is 13.6 Å². The van der Waals surface area contributed by atoms with Gasteiger partial charge in [-0.1, -0.05) is 36.4 Å². The number of tetrazole rings is 1. The molecule has 2 amide bonds. The first-order valence-electron chi connectivity index (χ1n) is 15.1. The lowest BCUT2D eigenvalue weighted by Gasteiger charge is -2.18. The van der Waals surface area contributed by atoms with Gasteiger partial charge in [-0.15, -0.1) is 21.5 Å². The molecule has 0 atom stereocenters. The molecule has 0 aliphatic heterocycles. The third-order valence-electron chi connectivity index (χ3n) is 7.71. The molecule has 3 heterocycles. The lowest BCUT2D eigenvalue weighted by molar-refractivity contribution is 0.252. The monoisotopic (exact) mass is 671 g/mol. The Hall–Kier alpha value is -5.54. The number of carbonyl (C=O) groups excluding carboxylic acids is 1. The Bertz CT molecular complexity index is 2160. The van der Waals surface area contributed by atoms with E-state index in [1.54, 1.807) is 42.5 Å². The molecule has 0 fully saturated rings. The van der Waals surface area contributed by atoms with Crippen LogP contribution in [0.5, 0.6) is 0 Å². The van der Waals surface area contributed by atoms with E-state index in [1.807, 2.05) is 31.0 Å². The number of hydrogen-bond donors (Lipinski definition) is 2. The molecular formula is C33H31F2N9O3S. The number of nitrogens with zero attached hydrogens (tertiary/aromatic N) is 7. The summed E-state index contributed by atoms with van der Waals surface area (Å²) in [5, 5.41) is 17.4. The molecule has 15 heteroatoms. The van der Waals surface area contributed by atoms with Gasteiger partial charge in [-0.25, -0.2) is 22.9 Å². The van der Waals surface area contributed by atoms with Crippen LogP contribution in [0, 0.1) is 11.6 Å². The standard InChI is InChI=1S/C33H31F2N9O3S/c1-3-36-32(46)39-22-14-12-21(13-15-22)29-25(18-41(2)16-17-43-38-20-37-40-43)28-30(45)44(23-8-5-4-6-9-23)33(47)42(31(28)48-29)19-24-26(34)10-7-11-27(24)35/h4-15,20H,3,16-19H2,1-2H3,(H2,36,39,46). The number of urea groups is 1. The minimum absolute atomic E-state index is 0.255. The van der Waals surface area contributed by atoms with Crippen molar-refractivity contribution in [3.63, 3.8) is 0 Å². The van der Waals surface area contributed by atoms with Gasteiger partial charge in [-0.3, -0.25) is 9.36 Å².